The molecule has 0 bridgehead atoms. The van der Waals surface area contributed by atoms with Crippen LogP contribution in [0.2, 0.25) is 0 Å². The van der Waals surface area contributed by atoms with E-state index in [1.54, 1.807) is 0 Å². The van der Waals surface area contributed by atoms with Gasteiger partial charge in [-0.2, -0.15) is 0 Å². The normalized spacial score (nSPS) is 20.0. The molecule has 0 radical (unpaired) electrons. The van der Waals surface area contributed by atoms with Crippen molar-refractivity contribution in [1.29, 1.82) is 0 Å². The third kappa shape index (κ3) is 4.53. The summed E-state index contributed by atoms with van der Waals surface area (Å²) >= 11 is 0. The van der Waals surface area contributed by atoms with Gasteiger partial charge in [0.2, 0.25) is 5.91 Å². The molecule has 8 heteroatoms. The van der Waals surface area contributed by atoms with Gasteiger partial charge in [-0.05, 0) is 24.8 Å². The number of likely N-dealkylation sites (tertiary alicyclic amines) is 1. The van der Waals surface area contributed by atoms with Gasteiger partial charge in [0.25, 0.3) is 0 Å². The molecule has 1 aliphatic rings. The Morgan fingerprint density at radius 2 is 2.00 bits per heavy atom. The van der Waals surface area contributed by atoms with Crippen LogP contribution in [0.5, 0.6) is 0 Å². The highest BCUT2D eigenvalue weighted by Crippen LogP contribution is 2.47. The fourth-order valence-corrected chi connectivity index (χ4v) is 3.64. The Kier molecular flexibility index (Phi) is 6.38. The first-order valence-electron chi connectivity index (χ1n) is 6.55. The van der Waals surface area contributed by atoms with Gasteiger partial charge in [-0.1, -0.05) is 30.3 Å². The molecule has 1 fully saturated rings. The predicted molar refractivity (Wildman–Crippen MR) is 82.1 cm³/mol. The Labute approximate surface area is 129 Å². The highest BCUT2D eigenvalue weighted by Gasteiger charge is 2.41. The maximum atomic E-state index is 12.3. The molecule has 0 aromatic heterocycles. The number of carbonyl (C=O) groups is 1. The second-order valence-corrected chi connectivity index (χ2v) is 6.81. The topological polar surface area (TPSA) is 104 Å². The van der Waals surface area contributed by atoms with Crippen molar-refractivity contribution in [2.45, 2.75) is 31.1 Å². The highest BCUT2D eigenvalue weighted by atomic mass is 35.5. The van der Waals surface area contributed by atoms with Crippen molar-refractivity contribution < 1.29 is 19.1 Å². The average molecular weight is 335 g/mol. The van der Waals surface area contributed by atoms with Crippen LogP contribution in [-0.4, -0.2) is 39.0 Å². The summed E-state index contributed by atoms with van der Waals surface area (Å²) in [5.74, 6) is -1.41. The average Bonchev–Trinajstić information content (AvgIpc) is 2.88. The van der Waals surface area contributed by atoms with E-state index < -0.39 is 19.4 Å². The van der Waals surface area contributed by atoms with Crippen LogP contribution in [0, 0.1) is 0 Å². The molecule has 4 N–H and O–H groups in total. The van der Waals surface area contributed by atoms with Crippen LogP contribution < -0.4 is 5.73 Å². The van der Waals surface area contributed by atoms with Gasteiger partial charge in [0, 0.05) is 6.54 Å². The highest BCUT2D eigenvalue weighted by molar-refractivity contribution is 7.52. The molecule has 0 unspecified atom stereocenters. The van der Waals surface area contributed by atoms with Crippen molar-refractivity contribution in [3.8, 4) is 0 Å². The third-order valence-corrected chi connectivity index (χ3v) is 4.82. The smallest absolute Gasteiger partial charge is 0.327 e. The monoisotopic (exact) mass is 334 g/mol. The zero-order valence-corrected chi connectivity index (χ0v) is 13.2. The quantitative estimate of drug-likeness (QED) is 0.715. The molecule has 2 rings (SSSR count). The Morgan fingerprint density at radius 1 is 1.38 bits per heavy atom. The van der Waals surface area contributed by atoms with Crippen molar-refractivity contribution >= 4 is 25.9 Å². The second kappa shape index (κ2) is 7.38. The Morgan fingerprint density at radius 3 is 2.57 bits per heavy atom. The van der Waals surface area contributed by atoms with Crippen LogP contribution in [0.15, 0.2) is 30.3 Å². The number of hydrogen-bond donors (Lipinski definition) is 3. The minimum atomic E-state index is -4.30. The van der Waals surface area contributed by atoms with E-state index in [-0.39, 0.29) is 18.3 Å². The molecule has 21 heavy (non-hydrogen) atoms. The van der Waals surface area contributed by atoms with E-state index >= 15 is 0 Å². The molecule has 0 spiro atoms. The predicted octanol–water partition coefficient (Wildman–Crippen LogP) is 1.10. The van der Waals surface area contributed by atoms with E-state index in [2.05, 4.69) is 0 Å². The van der Waals surface area contributed by atoms with Crippen molar-refractivity contribution in [3.05, 3.63) is 35.9 Å². The fourth-order valence-electron chi connectivity index (χ4n) is 2.52. The van der Waals surface area contributed by atoms with Gasteiger partial charge >= 0.3 is 7.60 Å². The molecule has 1 aliphatic heterocycles. The van der Waals surface area contributed by atoms with Crippen LogP contribution in [-0.2, 0) is 15.8 Å². The lowest BCUT2D eigenvalue weighted by molar-refractivity contribution is -0.132. The molecule has 1 saturated heterocycles. The summed E-state index contributed by atoms with van der Waals surface area (Å²) in [7, 11) is -4.30. The molecule has 0 saturated carbocycles. The molecule has 1 aromatic rings. The summed E-state index contributed by atoms with van der Waals surface area (Å²) in [5.41, 5.74) is 6.82. The van der Waals surface area contributed by atoms with Gasteiger partial charge in [0.15, 0.2) is 0 Å². The Bertz CT molecular complexity index is 522. The van der Waals surface area contributed by atoms with Gasteiger partial charge in [0.1, 0.15) is 5.78 Å². The summed E-state index contributed by atoms with van der Waals surface area (Å²) in [4.78, 5) is 32.1. The number of nitrogens with two attached hydrogens (primary N) is 1. The van der Waals surface area contributed by atoms with Gasteiger partial charge in [-0.15, -0.1) is 12.4 Å². The first-order chi connectivity index (χ1) is 9.39. The minimum absolute atomic E-state index is 0. The van der Waals surface area contributed by atoms with Gasteiger partial charge in [0.05, 0.1) is 6.04 Å². The van der Waals surface area contributed by atoms with E-state index in [0.29, 0.717) is 25.8 Å². The zero-order chi connectivity index (χ0) is 14.8. The van der Waals surface area contributed by atoms with E-state index in [9.17, 15) is 19.1 Å². The largest absolute Gasteiger partial charge is 0.347 e. The van der Waals surface area contributed by atoms with Crippen LogP contribution in [0.3, 0.4) is 0 Å². The lowest BCUT2D eigenvalue weighted by atomic mass is 10.1. The molecular formula is C13H20ClN2O4P. The minimum Gasteiger partial charge on any atom is -0.327 e. The summed E-state index contributed by atoms with van der Waals surface area (Å²) in [6.45, 7) is 0.358. The van der Waals surface area contributed by atoms with Crippen molar-refractivity contribution in [2.24, 2.45) is 5.73 Å². The van der Waals surface area contributed by atoms with Gasteiger partial charge in [-0.25, -0.2) is 0 Å². The first-order valence-corrected chi connectivity index (χ1v) is 8.23. The number of amides is 1. The van der Waals surface area contributed by atoms with Crippen molar-refractivity contribution in [3.63, 3.8) is 0 Å². The lowest BCUT2D eigenvalue weighted by Gasteiger charge is -2.27. The molecule has 2 atom stereocenters. The molecular weight excluding hydrogens is 315 g/mol. The molecule has 118 valence electrons. The first kappa shape index (κ1) is 18.1. The maximum Gasteiger partial charge on any atom is 0.347 e. The van der Waals surface area contributed by atoms with Gasteiger partial charge < -0.3 is 20.4 Å². The summed E-state index contributed by atoms with van der Waals surface area (Å²) in [6.07, 6.45) is 1.29. The van der Waals surface area contributed by atoms with Crippen LogP contribution in [0.1, 0.15) is 18.4 Å². The number of rotatable bonds is 4. The number of halogens is 1. The molecule has 1 amide bonds. The van der Waals surface area contributed by atoms with E-state index in [1.807, 2.05) is 30.3 Å². The SMILES string of the molecule is Cl.N[C@@H](Cc1ccccc1)C(=O)N1CCC[C@@H]1P(=O)(O)O. The number of hydrogen-bond acceptors (Lipinski definition) is 3. The molecule has 0 aliphatic carbocycles. The van der Waals surface area contributed by atoms with Crippen LogP contribution in [0.25, 0.3) is 0 Å². The summed E-state index contributed by atoms with van der Waals surface area (Å²) in [6, 6.07) is 8.57. The molecule has 6 nitrogen and oxygen atoms in total. The number of benzene rings is 1. The van der Waals surface area contributed by atoms with Crippen LogP contribution in [0.4, 0.5) is 0 Å². The van der Waals surface area contributed by atoms with Crippen molar-refractivity contribution in [2.75, 3.05) is 6.54 Å². The maximum absolute atomic E-state index is 12.3. The van der Waals surface area contributed by atoms with E-state index in [4.69, 9.17) is 5.73 Å². The van der Waals surface area contributed by atoms with Gasteiger partial charge in [-0.3, -0.25) is 9.36 Å². The van der Waals surface area contributed by atoms with Crippen molar-refractivity contribution in [1.82, 2.24) is 4.90 Å². The molecule has 1 aromatic carbocycles. The Hall–Kier alpha value is -0.910. The third-order valence-electron chi connectivity index (χ3n) is 3.51. The van der Waals surface area contributed by atoms with E-state index in [1.165, 1.54) is 4.90 Å². The number of carbonyl (C=O) groups excluding carboxylic acids is 1. The zero-order valence-electron chi connectivity index (χ0n) is 11.5. The second-order valence-electron chi connectivity index (χ2n) is 5.04. The van der Waals surface area contributed by atoms with E-state index in [0.717, 1.165) is 5.56 Å². The molecule has 1 heterocycles. The summed E-state index contributed by atoms with van der Waals surface area (Å²) in [5, 5.41) is 0. The fraction of sp³-hybridized carbons (Fsp3) is 0.462. The summed E-state index contributed by atoms with van der Waals surface area (Å²) < 4.78 is 11.4. The standard InChI is InChI=1S/C13H19N2O4P.ClH/c14-11(9-10-5-2-1-3-6-10)13(16)15-8-4-7-12(15)20(17,18)19;/h1-3,5-6,11-12H,4,7-9,14H2,(H2,17,18,19);1H/t11-,12-;/m0./s1. The number of nitrogens with zero attached hydrogens (tertiary/aromatic N) is 1. The lowest BCUT2D eigenvalue weighted by Crippen LogP contribution is -2.46. The Balaban J connectivity index is 0.00000220. The van der Waals surface area contributed by atoms with Crippen LogP contribution >= 0.6 is 20.0 Å².